The molecule has 0 aromatic heterocycles. The van der Waals surface area contributed by atoms with E-state index in [1.54, 1.807) is 12.1 Å². The number of fused-ring (bicyclic) bond motifs is 1. The van der Waals surface area contributed by atoms with Gasteiger partial charge in [0.15, 0.2) is 23.6 Å². The van der Waals surface area contributed by atoms with Crippen LogP contribution in [-0.2, 0) is 24.3 Å². The smallest absolute Gasteiger partial charge is 0.334 e. The van der Waals surface area contributed by atoms with Crippen molar-refractivity contribution in [3.8, 4) is 0 Å². The van der Waals surface area contributed by atoms with Gasteiger partial charge in [0, 0.05) is 0 Å². The molecule has 3 aromatic rings. The van der Waals surface area contributed by atoms with Gasteiger partial charge in [0.2, 0.25) is 0 Å². The molecule has 1 saturated heterocycles. The number of ether oxygens (including phenoxy) is 1. The predicted octanol–water partition coefficient (Wildman–Crippen LogP) is 4.00. The highest BCUT2D eigenvalue weighted by Gasteiger charge is 2.61. The summed E-state index contributed by atoms with van der Waals surface area (Å²) in [6, 6.07) is 21.5. The van der Waals surface area contributed by atoms with Crippen LogP contribution in [0.15, 0.2) is 97.1 Å². The summed E-state index contributed by atoms with van der Waals surface area (Å²) in [6.07, 6.45) is -0.801. The van der Waals surface area contributed by atoms with Crippen molar-refractivity contribution >= 4 is 44.4 Å². The molecule has 10 heteroatoms. The van der Waals surface area contributed by atoms with Crippen LogP contribution in [-0.4, -0.2) is 55.2 Å². The van der Waals surface area contributed by atoms with Crippen LogP contribution in [0.3, 0.4) is 0 Å². The number of likely N-dealkylation sites (tertiary alicyclic amines) is 1. The molecular weight excluding hydrogens is 540 g/mol. The fraction of sp³-hybridized carbons (Fsp3) is 0.172. The van der Waals surface area contributed by atoms with Gasteiger partial charge in [-0.2, -0.15) is 0 Å². The van der Waals surface area contributed by atoms with Gasteiger partial charge in [-0.1, -0.05) is 79.4 Å². The van der Waals surface area contributed by atoms with E-state index in [0.29, 0.717) is 11.1 Å². The van der Waals surface area contributed by atoms with Crippen LogP contribution >= 0.6 is 10.7 Å². The van der Waals surface area contributed by atoms with E-state index in [9.17, 15) is 23.4 Å². The van der Waals surface area contributed by atoms with Crippen molar-refractivity contribution in [1.82, 2.24) is 9.80 Å². The number of carbonyl (C=O) groups excluding carboxylic acids is 4. The highest BCUT2D eigenvalue weighted by Crippen LogP contribution is 2.38. The molecule has 39 heavy (non-hydrogen) atoms. The number of carbonyl (C=O) groups is 4. The Morgan fingerprint density at radius 2 is 1.33 bits per heavy atom. The summed E-state index contributed by atoms with van der Waals surface area (Å²) in [7, 11) is 3.77. The predicted molar refractivity (Wildman–Crippen MR) is 145 cm³/mol. The van der Waals surface area contributed by atoms with Crippen LogP contribution < -0.4 is 0 Å². The lowest BCUT2D eigenvalue weighted by molar-refractivity contribution is -0.166. The number of amides is 3. The van der Waals surface area contributed by atoms with Crippen molar-refractivity contribution in [3.05, 3.63) is 119 Å². The molecule has 4 unspecified atom stereocenters. The molecule has 0 spiro atoms. The maximum atomic E-state index is 13.7. The molecule has 0 saturated carbocycles. The molecule has 0 aliphatic carbocycles. The quantitative estimate of drug-likeness (QED) is 0.135. The van der Waals surface area contributed by atoms with E-state index in [-0.39, 0.29) is 16.7 Å². The van der Waals surface area contributed by atoms with E-state index in [4.69, 9.17) is 15.4 Å². The fourth-order valence-electron chi connectivity index (χ4n) is 4.95. The van der Waals surface area contributed by atoms with Crippen LogP contribution in [0.2, 0.25) is 0 Å². The zero-order valence-corrected chi connectivity index (χ0v) is 22.3. The van der Waals surface area contributed by atoms with Gasteiger partial charge in [-0.05, 0) is 46.4 Å². The van der Waals surface area contributed by atoms with Crippen molar-refractivity contribution in [2.75, 3.05) is 0 Å². The summed E-state index contributed by atoms with van der Waals surface area (Å²) >= 11 is 0. The summed E-state index contributed by atoms with van der Waals surface area (Å²) in [4.78, 5) is 55.0. The van der Waals surface area contributed by atoms with Gasteiger partial charge in [0.25, 0.3) is 17.7 Å². The molecule has 2 aliphatic heterocycles. The highest BCUT2D eigenvalue weighted by atomic mass is 35.7. The van der Waals surface area contributed by atoms with Crippen LogP contribution in [0.25, 0.3) is 0 Å². The lowest BCUT2D eigenvalue weighted by Crippen LogP contribution is -2.75. The van der Waals surface area contributed by atoms with Crippen molar-refractivity contribution in [2.45, 2.75) is 30.5 Å². The van der Waals surface area contributed by atoms with Crippen molar-refractivity contribution in [3.63, 3.8) is 0 Å². The van der Waals surface area contributed by atoms with Gasteiger partial charge in [0.1, 0.15) is 10.0 Å². The maximum Gasteiger partial charge on any atom is 0.334 e. The van der Waals surface area contributed by atoms with Crippen molar-refractivity contribution < 1.29 is 28.1 Å². The first-order valence-electron chi connectivity index (χ1n) is 12.0. The molecule has 1 fully saturated rings. The van der Waals surface area contributed by atoms with Gasteiger partial charge in [0.05, 0.1) is 11.1 Å². The Labute approximate surface area is 231 Å². The van der Waals surface area contributed by atoms with Gasteiger partial charge >= 0.3 is 5.97 Å². The van der Waals surface area contributed by atoms with E-state index in [1.165, 1.54) is 19.1 Å². The van der Waals surface area contributed by atoms with Gasteiger partial charge in [-0.15, -0.1) is 0 Å². The molecular formula is C29H23ClN2O6S. The number of benzene rings is 3. The van der Waals surface area contributed by atoms with Crippen molar-refractivity contribution in [1.29, 1.82) is 0 Å². The summed E-state index contributed by atoms with van der Waals surface area (Å²) in [5.74, 6) is -2.96. The first-order chi connectivity index (χ1) is 18.7. The van der Waals surface area contributed by atoms with Gasteiger partial charge < -0.3 is 9.64 Å². The second-order valence-corrected chi connectivity index (χ2v) is 11.1. The standard InChI is InChI=1S/C29H23ClN2O6S/c1-17(2)22(29(36)38-24(18-11-5-3-6-12-18)19-13-7-4-8-14-19)32-27(35)23(28(32)39(30)37)31-25(33)20-15-9-10-16-21(20)26(31)34/h3-16,22-24,28H,1H2,2H3. The third-order valence-electron chi connectivity index (χ3n) is 6.75. The molecule has 198 valence electrons. The number of imide groups is 1. The molecule has 2 aliphatic rings. The highest BCUT2D eigenvalue weighted by molar-refractivity contribution is 8.08. The Hall–Kier alpha value is -4.08. The number of rotatable bonds is 8. The number of esters is 1. The molecule has 2 heterocycles. The topological polar surface area (TPSA) is 101 Å². The third kappa shape index (κ3) is 4.57. The molecule has 3 aromatic carbocycles. The minimum Gasteiger partial charge on any atom is -0.451 e. The number of halogens is 1. The molecule has 3 amide bonds. The molecule has 8 nitrogen and oxygen atoms in total. The SMILES string of the molecule is C=C(C)C(C(=O)OC(c1ccccc1)c1ccccc1)N1C(=O)C(N2C(=O)c3ccccc3C2=O)C1S(=O)Cl. The van der Waals surface area contributed by atoms with Crippen molar-refractivity contribution in [2.24, 2.45) is 0 Å². The monoisotopic (exact) mass is 562 g/mol. The molecule has 0 radical (unpaired) electrons. The molecule has 5 rings (SSSR count). The second kappa shape index (κ2) is 10.6. The number of hydrogen-bond acceptors (Lipinski definition) is 6. The number of nitrogens with zero attached hydrogens (tertiary/aromatic N) is 2. The zero-order chi connectivity index (χ0) is 27.8. The molecule has 0 N–H and O–H groups in total. The largest absolute Gasteiger partial charge is 0.451 e. The summed E-state index contributed by atoms with van der Waals surface area (Å²) < 4.78 is 18.7. The minimum absolute atomic E-state index is 0.136. The third-order valence-corrected chi connectivity index (χ3v) is 8.16. The Kier molecular flexibility index (Phi) is 7.20. The maximum absolute atomic E-state index is 13.7. The zero-order valence-electron chi connectivity index (χ0n) is 20.7. The molecule has 4 atom stereocenters. The second-order valence-electron chi connectivity index (χ2n) is 9.24. The summed E-state index contributed by atoms with van der Waals surface area (Å²) in [5, 5.41) is -1.34. The number of hydrogen-bond donors (Lipinski definition) is 0. The fourth-order valence-corrected chi connectivity index (χ4v) is 6.35. The normalized spacial score (nSPS) is 19.9. The number of β-lactam (4-membered cyclic amide) rings is 1. The minimum atomic E-state index is -2.25. The van der Waals surface area contributed by atoms with Crippen LogP contribution in [0.1, 0.15) is 44.9 Å². The lowest BCUT2D eigenvalue weighted by atomic mass is 9.97. The molecule has 0 bridgehead atoms. The summed E-state index contributed by atoms with van der Waals surface area (Å²) in [6.45, 7) is 5.39. The van der Waals surface area contributed by atoms with E-state index in [2.05, 4.69) is 6.58 Å². The summed E-state index contributed by atoms with van der Waals surface area (Å²) in [5.41, 5.74) is 1.92. The van der Waals surface area contributed by atoms with E-state index in [1.807, 2.05) is 60.7 Å². The first kappa shape index (κ1) is 26.5. The Balaban J connectivity index is 1.46. The van der Waals surface area contributed by atoms with Crippen LogP contribution in [0, 0.1) is 0 Å². The average Bonchev–Trinajstić information content (AvgIpc) is 3.18. The first-order valence-corrected chi connectivity index (χ1v) is 14.1. The van der Waals surface area contributed by atoms with Gasteiger partial charge in [-0.25, -0.2) is 9.00 Å². The Morgan fingerprint density at radius 1 is 0.872 bits per heavy atom. The van der Waals surface area contributed by atoms with E-state index < -0.39 is 57.3 Å². The van der Waals surface area contributed by atoms with E-state index >= 15 is 0 Å². The Bertz CT molecular complexity index is 1440. The van der Waals surface area contributed by atoms with Crippen LogP contribution in [0.4, 0.5) is 0 Å². The average molecular weight is 563 g/mol. The van der Waals surface area contributed by atoms with Crippen LogP contribution in [0.5, 0.6) is 0 Å². The van der Waals surface area contributed by atoms with E-state index in [0.717, 1.165) is 9.80 Å². The van der Waals surface area contributed by atoms with Gasteiger partial charge in [-0.3, -0.25) is 19.3 Å². The lowest BCUT2D eigenvalue weighted by Gasteiger charge is -2.50. The Morgan fingerprint density at radius 3 is 1.77 bits per heavy atom.